The summed E-state index contributed by atoms with van der Waals surface area (Å²) in [6, 6.07) is 8.69. The number of benzene rings is 1. The topological polar surface area (TPSA) is 0 Å². The molecule has 0 nitrogen and oxygen atoms in total. The molecule has 0 atom stereocenters. The second-order valence-electron chi connectivity index (χ2n) is 2.33. The van der Waals surface area contributed by atoms with E-state index in [1.165, 1.54) is 11.1 Å². The predicted molar refractivity (Wildman–Crippen MR) is 82.8 cm³/mol. The van der Waals surface area contributed by atoms with Crippen LogP contribution in [0.15, 0.2) is 24.3 Å². The van der Waals surface area contributed by atoms with Crippen molar-refractivity contribution < 1.29 is 0 Å². The maximum atomic E-state index is 3.43. The SMILES string of the molecule is BrCc1ccc(C(I)(I)I)cc1. The van der Waals surface area contributed by atoms with Gasteiger partial charge in [0.15, 0.2) is 0 Å². The molecule has 0 radical (unpaired) electrons. The van der Waals surface area contributed by atoms with Crippen molar-refractivity contribution in [3.63, 3.8) is 0 Å². The molecule has 0 aliphatic carbocycles. The van der Waals surface area contributed by atoms with E-state index in [0.29, 0.717) is 0 Å². The van der Waals surface area contributed by atoms with E-state index in [0.717, 1.165) is 5.33 Å². The Labute approximate surface area is 122 Å². The van der Waals surface area contributed by atoms with Crippen molar-refractivity contribution in [1.82, 2.24) is 0 Å². The fraction of sp³-hybridized carbons (Fsp3) is 0.250. The van der Waals surface area contributed by atoms with Crippen LogP contribution in [0.25, 0.3) is 0 Å². The third-order valence-corrected chi connectivity index (χ3v) is 3.95. The first-order chi connectivity index (χ1) is 5.54. The van der Waals surface area contributed by atoms with Gasteiger partial charge in [-0.1, -0.05) is 40.2 Å². The van der Waals surface area contributed by atoms with Crippen molar-refractivity contribution in [1.29, 1.82) is 0 Å². The Balaban J connectivity index is 2.93. The third kappa shape index (κ3) is 3.56. The summed E-state index contributed by atoms with van der Waals surface area (Å²) in [6.45, 7) is 0. The molecule has 0 N–H and O–H groups in total. The smallest absolute Gasteiger partial charge is 0.0876 e. The molecule has 1 aromatic carbocycles. The second kappa shape index (κ2) is 5.11. The Morgan fingerprint density at radius 3 is 1.92 bits per heavy atom. The summed E-state index contributed by atoms with van der Waals surface area (Å²) < 4.78 is 0.179. The molecule has 0 fully saturated rings. The first-order valence-corrected chi connectivity index (χ1v) is 7.62. The molecule has 12 heavy (non-hydrogen) atoms. The van der Waals surface area contributed by atoms with Crippen molar-refractivity contribution >= 4 is 83.7 Å². The molecule has 0 saturated heterocycles. The van der Waals surface area contributed by atoms with E-state index in [1.54, 1.807) is 0 Å². The van der Waals surface area contributed by atoms with E-state index in [2.05, 4.69) is 108 Å². The van der Waals surface area contributed by atoms with Gasteiger partial charge in [-0.25, -0.2) is 0 Å². The highest BCUT2D eigenvalue weighted by Crippen LogP contribution is 2.45. The van der Waals surface area contributed by atoms with Crippen molar-refractivity contribution in [2.45, 2.75) is 4.77 Å². The predicted octanol–water partition coefficient (Wildman–Crippen LogP) is 5.00. The lowest BCUT2D eigenvalue weighted by Crippen LogP contribution is -1.96. The molecular formula is C8H6BrI3. The van der Waals surface area contributed by atoms with Gasteiger partial charge in [0.05, 0.1) is 0 Å². The Hall–Kier alpha value is 1.89. The zero-order chi connectivity index (χ0) is 9.19. The maximum absolute atomic E-state index is 3.43. The van der Waals surface area contributed by atoms with Crippen LogP contribution in [0.1, 0.15) is 11.1 Å². The lowest BCUT2D eigenvalue weighted by molar-refractivity contribution is 1.36. The average Bonchev–Trinajstić information content (AvgIpc) is 2.03. The van der Waals surface area contributed by atoms with E-state index in [4.69, 9.17) is 0 Å². The molecule has 1 rings (SSSR count). The van der Waals surface area contributed by atoms with Crippen LogP contribution in [-0.4, -0.2) is 0 Å². The molecule has 0 amide bonds. The molecule has 0 saturated carbocycles. The van der Waals surface area contributed by atoms with Gasteiger partial charge in [0.1, 0.15) is -0.565 Å². The molecule has 0 heterocycles. The molecule has 4 heteroatoms. The van der Waals surface area contributed by atoms with Crippen molar-refractivity contribution in [3.8, 4) is 0 Å². The van der Waals surface area contributed by atoms with Crippen molar-refractivity contribution in [2.24, 2.45) is 0 Å². The summed E-state index contributed by atoms with van der Waals surface area (Å²) in [5.41, 5.74) is 2.68. The number of halogens is 4. The van der Waals surface area contributed by atoms with Crippen LogP contribution in [0, 0.1) is 0 Å². The molecule has 0 spiro atoms. The van der Waals surface area contributed by atoms with Gasteiger partial charge < -0.3 is 0 Å². The zero-order valence-electron chi connectivity index (χ0n) is 6.03. The van der Waals surface area contributed by atoms with Crippen LogP contribution >= 0.6 is 83.7 Å². The van der Waals surface area contributed by atoms with Gasteiger partial charge in [0.25, 0.3) is 0 Å². The molecule has 0 aliphatic heterocycles. The largest absolute Gasteiger partial charge is 0.149 e. The number of alkyl halides is 4. The minimum atomic E-state index is 0.179. The van der Waals surface area contributed by atoms with E-state index in [9.17, 15) is 0 Å². The summed E-state index contributed by atoms with van der Waals surface area (Å²) >= 11 is 10.7. The van der Waals surface area contributed by atoms with Gasteiger partial charge in [0.2, 0.25) is 0 Å². The number of hydrogen-bond donors (Lipinski definition) is 0. The summed E-state index contributed by atoms with van der Waals surface area (Å²) in [5.74, 6) is 0. The highest BCUT2D eigenvalue weighted by molar-refractivity contribution is 14.3. The van der Waals surface area contributed by atoms with Gasteiger partial charge >= 0.3 is 0 Å². The van der Waals surface area contributed by atoms with Gasteiger partial charge in [-0.05, 0) is 78.9 Å². The van der Waals surface area contributed by atoms with Crippen LogP contribution in [0.5, 0.6) is 0 Å². The first-order valence-electron chi connectivity index (χ1n) is 3.26. The number of hydrogen-bond acceptors (Lipinski definition) is 0. The van der Waals surface area contributed by atoms with Gasteiger partial charge in [-0.15, -0.1) is 0 Å². The Bertz CT molecular complexity index is 250. The number of rotatable bonds is 2. The highest BCUT2D eigenvalue weighted by Gasteiger charge is 2.19. The second-order valence-corrected chi connectivity index (χ2v) is 13.9. The van der Waals surface area contributed by atoms with E-state index >= 15 is 0 Å². The molecule has 0 aromatic heterocycles. The normalized spacial score (nSPS) is 11.7. The van der Waals surface area contributed by atoms with Crippen LogP contribution in [0.3, 0.4) is 0 Å². The summed E-state index contributed by atoms with van der Waals surface area (Å²) in [7, 11) is 0. The molecule has 1 aromatic rings. The van der Waals surface area contributed by atoms with Gasteiger partial charge in [-0.3, -0.25) is 0 Å². The quantitative estimate of drug-likeness (QED) is 0.352. The van der Waals surface area contributed by atoms with Gasteiger partial charge in [-0.2, -0.15) is 0 Å². The standard InChI is InChI=1S/C8H6BrI3/c9-5-6-1-3-7(4-2-6)8(10,11)12/h1-4H,5H2. The molecule has 66 valence electrons. The monoisotopic (exact) mass is 562 g/mol. The van der Waals surface area contributed by atoms with Crippen molar-refractivity contribution in [3.05, 3.63) is 35.4 Å². The zero-order valence-corrected chi connectivity index (χ0v) is 14.1. The molecular weight excluding hydrogens is 557 g/mol. The minimum Gasteiger partial charge on any atom is -0.0876 e. The third-order valence-electron chi connectivity index (χ3n) is 1.44. The van der Waals surface area contributed by atoms with Gasteiger partial charge in [0, 0.05) is 5.33 Å². The Kier molecular flexibility index (Phi) is 5.09. The molecule has 0 aliphatic rings. The Morgan fingerprint density at radius 2 is 1.58 bits per heavy atom. The highest BCUT2D eigenvalue weighted by atomic mass is 127. The Morgan fingerprint density at radius 1 is 1.08 bits per heavy atom. The fourth-order valence-electron chi connectivity index (χ4n) is 0.783. The molecule has 0 bridgehead atoms. The van der Waals surface area contributed by atoms with E-state index in [1.807, 2.05) is 0 Å². The van der Waals surface area contributed by atoms with Crippen LogP contribution in [0.2, 0.25) is 0 Å². The lowest BCUT2D eigenvalue weighted by atomic mass is 10.2. The summed E-state index contributed by atoms with van der Waals surface area (Å²) in [6.07, 6.45) is 0. The van der Waals surface area contributed by atoms with E-state index < -0.39 is 0 Å². The van der Waals surface area contributed by atoms with Crippen LogP contribution in [-0.2, 0) is 4.77 Å². The molecule has 0 unspecified atom stereocenters. The summed E-state index contributed by atoms with van der Waals surface area (Å²) in [5, 5.41) is 0.935. The van der Waals surface area contributed by atoms with Crippen LogP contribution in [0.4, 0.5) is 0 Å². The summed E-state index contributed by atoms with van der Waals surface area (Å²) in [4.78, 5) is 0. The van der Waals surface area contributed by atoms with Crippen LogP contribution < -0.4 is 0 Å². The fourth-order valence-corrected chi connectivity index (χ4v) is 2.24. The minimum absolute atomic E-state index is 0.179. The van der Waals surface area contributed by atoms with E-state index in [-0.39, 0.29) is -0.565 Å². The first kappa shape index (κ1) is 12.0. The van der Waals surface area contributed by atoms with Crippen molar-refractivity contribution in [2.75, 3.05) is 0 Å². The maximum Gasteiger partial charge on any atom is 0.149 e. The lowest BCUT2D eigenvalue weighted by Gasteiger charge is -2.12. The average molecular weight is 563 g/mol.